The lowest BCUT2D eigenvalue weighted by molar-refractivity contribution is 0.473. The van der Waals surface area contributed by atoms with Gasteiger partial charge in [-0.25, -0.2) is 9.78 Å². The van der Waals surface area contributed by atoms with Crippen molar-refractivity contribution >= 4 is 22.3 Å². The van der Waals surface area contributed by atoms with Crippen LogP contribution in [0.5, 0.6) is 5.75 Å². The van der Waals surface area contributed by atoms with Crippen LogP contribution in [0, 0.1) is 6.92 Å². The van der Waals surface area contributed by atoms with Crippen LogP contribution in [-0.4, -0.2) is 10.1 Å². The summed E-state index contributed by atoms with van der Waals surface area (Å²) >= 11 is 1.59. The van der Waals surface area contributed by atoms with Crippen LogP contribution in [0.25, 0.3) is 22.2 Å². The van der Waals surface area contributed by atoms with Crippen molar-refractivity contribution in [2.24, 2.45) is 0 Å². The molecule has 0 unspecified atom stereocenters. The largest absolute Gasteiger partial charge is 0.508 e. The maximum Gasteiger partial charge on any atom is 0.339 e. The van der Waals surface area contributed by atoms with E-state index in [2.05, 4.69) is 0 Å². The fraction of sp³-hybridized carbons (Fsp3) is 0.100. The van der Waals surface area contributed by atoms with Crippen LogP contribution in [0.15, 0.2) is 63.8 Å². The highest BCUT2D eigenvalue weighted by Crippen LogP contribution is 2.28. The number of aromatic hydroxyl groups is 1. The van der Waals surface area contributed by atoms with Crippen molar-refractivity contribution in [2.45, 2.75) is 13.3 Å². The third-order valence-electron chi connectivity index (χ3n) is 4.02. The summed E-state index contributed by atoms with van der Waals surface area (Å²) in [4.78, 5) is 18.1. The van der Waals surface area contributed by atoms with Gasteiger partial charge in [-0.3, -0.25) is 0 Å². The molecule has 2 aromatic carbocycles. The highest BCUT2D eigenvalue weighted by Gasteiger charge is 2.13. The molecule has 0 fully saturated rings. The van der Waals surface area contributed by atoms with E-state index in [1.807, 2.05) is 37.3 Å². The lowest BCUT2D eigenvalue weighted by Gasteiger charge is -2.01. The molecule has 0 saturated heterocycles. The standard InChI is InChI=1S/C20H15NO3S/c1-12-19(13-5-3-2-4-6-13)21-18(25-12)10-15-9-14-7-8-16(22)11-17(14)24-20(15)23/h2-9,11,22H,10H2,1H3. The van der Waals surface area contributed by atoms with E-state index in [0.29, 0.717) is 17.6 Å². The molecule has 0 aliphatic heterocycles. The molecule has 0 bridgehead atoms. The van der Waals surface area contributed by atoms with E-state index in [9.17, 15) is 9.90 Å². The molecule has 4 rings (SSSR count). The van der Waals surface area contributed by atoms with Gasteiger partial charge in [0.05, 0.1) is 10.7 Å². The smallest absolute Gasteiger partial charge is 0.339 e. The Morgan fingerprint density at radius 2 is 1.92 bits per heavy atom. The Bertz CT molecular complexity index is 1110. The number of phenolic OH excluding ortho intramolecular Hbond substituents is 1. The minimum absolute atomic E-state index is 0.0754. The van der Waals surface area contributed by atoms with Gasteiger partial charge in [-0.15, -0.1) is 11.3 Å². The average Bonchev–Trinajstić information content (AvgIpc) is 2.97. The molecule has 2 heterocycles. The Hall–Kier alpha value is -2.92. The SMILES string of the molecule is Cc1sc(Cc2cc3ccc(O)cc3oc2=O)nc1-c1ccccc1. The number of hydrogen-bond donors (Lipinski definition) is 1. The second-order valence-electron chi connectivity index (χ2n) is 5.84. The van der Waals surface area contributed by atoms with Gasteiger partial charge in [0.15, 0.2) is 0 Å². The molecule has 25 heavy (non-hydrogen) atoms. The zero-order chi connectivity index (χ0) is 17.4. The van der Waals surface area contributed by atoms with Crippen molar-refractivity contribution in [3.63, 3.8) is 0 Å². The van der Waals surface area contributed by atoms with Gasteiger partial charge in [0.25, 0.3) is 0 Å². The zero-order valence-corrected chi connectivity index (χ0v) is 14.3. The first-order valence-electron chi connectivity index (χ1n) is 7.87. The number of phenols is 1. The topological polar surface area (TPSA) is 63.3 Å². The van der Waals surface area contributed by atoms with Gasteiger partial charge in [-0.1, -0.05) is 30.3 Å². The maximum atomic E-state index is 12.2. The molecule has 5 heteroatoms. The molecule has 1 N–H and O–H groups in total. The monoisotopic (exact) mass is 349 g/mol. The Morgan fingerprint density at radius 1 is 1.12 bits per heavy atom. The van der Waals surface area contributed by atoms with Gasteiger partial charge in [-0.2, -0.15) is 0 Å². The summed E-state index contributed by atoms with van der Waals surface area (Å²) in [6, 6.07) is 16.6. The van der Waals surface area contributed by atoms with Crippen molar-refractivity contribution in [1.29, 1.82) is 0 Å². The van der Waals surface area contributed by atoms with Gasteiger partial charge >= 0.3 is 5.63 Å². The molecule has 0 radical (unpaired) electrons. The number of hydrogen-bond acceptors (Lipinski definition) is 5. The van der Waals surface area contributed by atoms with Crippen LogP contribution >= 0.6 is 11.3 Å². The third kappa shape index (κ3) is 3.06. The number of aryl methyl sites for hydroxylation is 1. The average molecular weight is 349 g/mol. The summed E-state index contributed by atoms with van der Waals surface area (Å²) in [5.41, 5.74) is 2.58. The van der Waals surface area contributed by atoms with Gasteiger partial charge in [0.1, 0.15) is 11.3 Å². The molecule has 0 saturated carbocycles. The van der Waals surface area contributed by atoms with Crippen LogP contribution in [0.3, 0.4) is 0 Å². The van der Waals surface area contributed by atoms with Crippen molar-refractivity contribution in [3.05, 3.63) is 80.5 Å². The van der Waals surface area contributed by atoms with Gasteiger partial charge in [-0.05, 0) is 25.1 Å². The number of rotatable bonds is 3. The molecule has 0 aliphatic rings. The molecule has 0 aliphatic carbocycles. The molecule has 0 amide bonds. The fourth-order valence-corrected chi connectivity index (χ4v) is 3.80. The van der Waals surface area contributed by atoms with Crippen molar-refractivity contribution in [2.75, 3.05) is 0 Å². The Kier molecular flexibility index (Phi) is 3.86. The van der Waals surface area contributed by atoms with Crippen molar-refractivity contribution in [3.8, 4) is 17.0 Å². The highest BCUT2D eigenvalue weighted by atomic mass is 32.1. The predicted molar refractivity (Wildman–Crippen MR) is 99.2 cm³/mol. The first-order chi connectivity index (χ1) is 12.1. The predicted octanol–water partition coefficient (Wildman–Crippen LogP) is 4.52. The van der Waals surface area contributed by atoms with E-state index in [4.69, 9.17) is 9.40 Å². The quantitative estimate of drug-likeness (QED) is 0.552. The molecule has 2 aromatic heterocycles. The van der Waals surface area contributed by atoms with Crippen molar-refractivity contribution < 1.29 is 9.52 Å². The summed E-state index contributed by atoms with van der Waals surface area (Å²) < 4.78 is 5.33. The first-order valence-corrected chi connectivity index (χ1v) is 8.69. The second-order valence-corrected chi connectivity index (χ2v) is 7.12. The normalized spacial score (nSPS) is 11.1. The van der Waals surface area contributed by atoms with E-state index >= 15 is 0 Å². The number of nitrogens with zero attached hydrogens (tertiary/aromatic N) is 1. The van der Waals surface area contributed by atoms with Crippen molar-refractivity contribution in [1.82, 2.24) is 4.98 Å². The first kappa shape index (κ1) is 15.6. The van der Waals surface area contributed by atoms with E-state index in [0.717, 1.165) is 26.5 Å². The lowest BCUT2D eigenvalue weighted by Crippen LogP contribution is -2.07. The Morgan fingerprint density at radius 3 is 2.72 bits per heavy atom. The van der Waals surface area contributed by atoms with E-state index < -0.39 is 5.63 Å². The number of fused-ring (bicyclic) bond motifs is 1. The number of aromatic nitrogens is 1. The fourth-order valence-electron chi connectivity index (χ4n) is 2.82. The summed E-state index contributed by atoms with van der Waals surface area (Å²) in [6.07, 6.45) is 0.428. The Labute approximate surface area is 148 Å². The third-order valence-corrected chi connectivity index (χ3v) is 4.99. The Balaban J connectivity index is 1.71. The van der Waals surface area contributed by atoms with Gasteiger partial charge in [0, 0.05) is 33.9 Å². The minimum atomic E-state index is -0.396. The number of thiazole rings is 1. The van der Waals surface area contributed by atoms with Gasteiger partial charge in [0.2, 0.25) is 0 Å². The molecular weight excluding hydrogens is 334 g/mol. The molecule has 124 valence electrons. The summed E-state index contributed by atoms with van der Waals surface area (Å²) in [5, 5.41) is 11.2. The van der Waals surface area contributed by atoms with Crippen LogP contribution in [-0.2, 0) is 6.42 Å². The summed E-state index contributed by atoms with van der Waals surface area (Å²) in [6.45, 7) is 2.04. The second kappa shape index (κ2) is 6.18. The maximum absolute atomic E-state index is 12.2. The highest BCUT2D eigenvalue weighted by molar-refractivity contribution is 7.12. The minimum Gasteiger partial charge on any atom is -0.508 e. The van der Waals surface area contributed by atoms with Crippen LogP contribution in [0.2, 0.25) is 0 Å². The lowest BCUT2D eigenvalue weighted by atomic mass is 10.1. The van der Waals surface area contributed by atoms with Crippen LogP contribution in [0.4, 0.5) is 0 Å². The number of benzene rings is 2. The van der Waals surface area contributed by atoms with Crippen LogP contribution in [0.1, 0.15) is 15.4 Å². The molecule has 0 spiro atoms. The molecular formula is C20H15NO3S. The molecule has 0 atom stereocenters. The van der Waals surface area contributed by atoms with Gasteiger partial charge < -0.3 is 9.52 Å². The summed E-state index contributed by atoms with van der Waals surface area (Å²) in [5.74, 6) is 0.0754. The zero-order valence-electron chi connectivity index (χ0n) is 13.5. The van der Waals surface area contributed by atoms with E-state index in [-0.39, 0.29) is 5.75 Å². The molecule has 4 aromatic rings. The summed E-state index contributed by atoms with van der Waals surface area (Å²) in [7, 11) is 0. The molecule has 4 nitrogen and oxygen atoms in total. The van der Waals surface area contributed by atoms with E-state index in [1.54, 1.807) is 29.5 Å². The van der Waals surface area contributed by atoms with Crippen LogP contribution < -0.4 is 5.63 Å². The van der Waals surface area contributed by atoms with E-state index in [1.165, 1.54) is 6.07 Å².